The van der Waals surface area contributed by atoms with Gasteiger partial charge >= 0.3 is 0 Å². The van der Waals surface area contributed by atoms with Gasteiger partial charge in [-0.25, -0.2) is 0 Å². The molecule has 0 fully saturated rings. The largest absolute Gasteiger partial charge is 0.545 e. The molecule has 1 aromatic heterocycles. The summed E-state index contributed by atoms with van der Waals surface area (Å²) in [6, 6.07) is 8.06. The Hall–Kier alpha value is -2.17. The van der Waals surface area contributed by atoms with Gasteiger partial charge < -0.3 is 9.90 Å². The summed E-state index contributed by atoms with van der Waals surface area (Å²) in [5, 5.41) is 14.2. The number of carbonyl (C=O) groups is 1. The molecule has 1 heterocycles. The lowest BCUT2D eigenvalue weighted by atomic mass is 10.2. The molecule has 2 rings (SSSR count). The standard InChI is InChI=1S/C7H6O2.C5H10N3/c8-7(9)6-4-2-1-3-5-6;1-3-8-5-4-7(2)6-8/h1-5H,(H,8,9);4-5H,3H2,1-2H3/q;+1/p-1. The second-order valence-electron chi connectivity index (χ2n) is 3.37. The summed E-state index contributed by atoms with van der Waals surface area (Å²) in [4.78, 5) is 10.1. The first-order chi connectivity index (χ1) is 8.13. The lowest BCUT2D eigenvalue weighted by Crippen LogP contribution is -2.30. The molecule has 0 N–H and O–H groups in total. The highest BCUT2D eigenvalue weighted by atomic mass is 16.4. The maximum absolute atomic E-state index is 10.1. The molecule has 1 aromatic carbocycles. The highest BCUT2D eigenvalue weighted by molar-refractivity contribution is 5.85. The van der Waals surface area contributed by atoms with Crippen LogP contribution in [0.15, 0.2) is 42.7 Å². The van der Waals surface area contributed by atoms with E-state index in [0.717, 1.165) is 6.54 Å². The van der Waals surface area contributed by atoms with E-state index in [-0.39, 0.29) is 5.56 Å². The molecule has 0 atom stereocenters. The van der Waals surface area contributed by atoms with E-state index in [1.807, 2.05) is 24.1 Å². The summed E-state index contributed by atoms with van der Waals surface area (Å²) in [6.07, 6.45) is 3.86. The van der Waals surface area contributed by atoms with Gasteiger partial charge in [-0.15, -0.1) is 9.36 Å². The number of rotatable bonds is 2. The van der Waals surface area contributed by atoms with Crippen LogP contribution in [0.3, 0.4) is 0 Å². The molecule has 5 nitrogen and oxygen atoms in total. The van der Waals surface area contributed by atoms with Crippen LogP contribution in [0, 0.1) is 0 Å². The SMILES string of the molecule is CCn1cc[n+](C)n1.O=C([O-])c1ccccc1. The van der Waals surface area contributed by atoms with Gasteiger partial charge in [0.15, 0.2) is 12.4 Å². The zero-order chi connectivity index (χ0) is 12.7. The third kappa shape index (κ3) is 4.46. The maximum atomic E-state index is 10.1. The first kappa shape index (κ1) is 12.9. The van der Waals surface area contributed by atoms with Crippen molar-refractivity contribution < 1.29 is 14.6 Å². The quantitative estimate of drug-likeness (QED) is 0.674. The Bertz CT molecular complexity index is 466. The number of hydrogen-bond acceptors (Lipinski definition) is 3. The van der Waals surface area contributed by atoms with E-state index < -0.39 is 5.97 Å². The number of hydrogen-bond donors (Lipinski definition) is 0. The van der Waals surface area contributed by atoms with E-state index in [1.165, 1.54) is 12.1 Å². The molecule has 0 amide bonds. The molecule has 2 aromatic rings. The van der Waals surface area contributed by atoms with Crippen LogP contribution in [0.25, 0.3) is 0 Å². The van der Waals surface area contributed by atoms with Crippen LogP contribution in [0.1, 0.15) is 17.3 Å². The van der Waals surface area contributed by atoms with Crippen LogP contribution < -0.4 is 9.79 Å². The first-order valence-corrected chi connectivity index (χ1v) is 5.29. The second kappa shape index (κ2) is 6.42. The maximum Gasteiger partial charge on any atom is 0.155 e. The Labute approximate surface area is 99.9 Å². The molecule has 0 aliphatic rings. The number of carboxylic acids is 1. The molecule has 5 heteroatoms. The number of carboxylic acid groups (broad SMARTS) is 1. The molecule has 0 bridgehead atoms. The fourth-order valence-corrected chi connectivity index (χ4v) is 1.16. The van der Waals surface area contributed by atoms with Crippen molar-refractivity contribution in [3.8, 4) is 0 Å². The van der Waals surface area contributed by atoms with Crippen molar-refractivity contribution in [3.05, 3.63) is 48.3 Å². The van der Waals surface area contributed by atoms with Crippen molar-refractivity contribution in [3.63, 3.8) is 0 Å². The topological polar surface area (TPSA) is 61.8 Å². The van der Waals surface area contributed by atoms with E-state index in [4.69, 9.17) is 0 Å². The highest BCUT2D eigenvalue weighted by Gasteiger charge is 1.94. The van der Waals surface area contributed by atoms with E-state index in [0.29, 0.717) is 0 Å². The summed E-state index contributed by atoms with van der Waals surface area (Å²) in [7, 11) is 1.91. The number of aromatic carboxylic acids is 1. The normalized spacial score (nSPS) is 9.29. The summed E-state index contributed by atoms with van der Waals surface area (Å²) in [5.74, 6) is -1.13. The molecule has 0 radical (unpaired) electrons. The summed E-state index contributed by atoms with van der Waals surface area (Å²) in [6.45, 7) is 3.01. The number of aryl methyl sites for hydroxylation is 2. The molecule has 0 saturated carbocycles. The summed E-state index contributed by atoms with van der Waals surface area (Å²) < 4.78 is 3.66. The lowest BCUT2D eigenvalue weighted by Gasteiger charge is -1.97. The second-order valence-corrected chi connectivity index (χ2v) is 3.37. The van der Waals surface area contributed by atoms with Crippen molar-refractivity contribution in [2.75, 3.05) is 0 Å². The van der Waals surface area contributed by atoms with E-state index in [2.05, 4.69) is 12.1 Å². The van der Waals surface area contributed by atoms with Gasteiger partial charge in [0.05, 0.1) is 11.2 Å². The van der Waals surface area contributed by atoms with Crippen molar-refractivity contribution >= 4 is 5.97 Å². The Morgan fingerprint density at radius 3 is 2.35 bits per heavy atom. The minimum atomic E-state index is -1.13. The Morgan fingerprint density at radius 2 is 2.06 bits per heavy atom. The van der Waals surface area contributed by atoms with Crippen LogP contribution in [-0.4, -0.2) is 15.9 Å². The third-order valence-corrected chi connectivity index (χ3v) is 2.04. The van der Waals surface area contributed by atoms with Crippen LogP contribution in [-0.2, 0) is 13.6 Å². The van der Waals surface area contributed by atoms with Crippen LogP contribution in [0.2, 0.25) is 0 Å². The van der Waals surface area contributed by atoms with Crippen molar-refractivity contribution in [1.82, 2.24) is 9.90 Å². The summed E-state index contributed by atoms with van der Waals surface area (Å²) >= 11 is 0. The minimum absolute atomic E-state index is 0.220. The molecule has 90 valence electrons. The number of nitrogens with zero attached hydrogens (tertiary/aromatic N) is 3. The molecule has 0 aliphatic heterocycles. The van der Waals surface area contributed by atoms with Gasteiger partial charge in [0, 0.05) is 0 Å². The van der Waals surface area contributed by atoms with Gasteiger partial charge in [-0.1, -0.05) is 30.3 Å². The van der Waals surface area contributed by atoms with Crippen molar-refractivity contribution in [2.45, 2.75) is 13.5 Å². The van der Waals surface area contributed by atoms with Crippen LogP contribution >= 0.6 is 0 Å². The Balaban J connectivity index is 0.000000171. The molecule has 17 heavy (non-hydrogen) atoms. The van der Waals surface area contributed by atoms with Gasteiger partial charge in [0.25, 0.3) is 0 Å². The molecule has 0 saturated heterocycles. The molecule has 0 aliphatic carbocycles. The Kier molecular flexibility index (Phi) is 4.87. The number of benzene rings is 1. The van der Waals surface area contributed by atoms with Crippen LogP contribution in [0.4, 0.5) is 0 Å². The Morgan fingerprint density at radius 1 is 1.41 bits per heavy atom. The van der Waals surface area contributed by atoms with E-state index >= 15 is 0 Å². The van der Waals surface area contributed by atoms with Crippen LogP contribution in [0.5, 0.6) is 0 Å². The number of aromatic nitrogens is 3. The molecule has 0 spiro atoms. The zero-order valence-corrected chi connectivity index (χ0v) is 9.91. The molecular weight excluding hydrogens is 218 g/mol. The number of carbonyl (C=O) groups excluding carboxylic acids is 1. The van der Waals surface area contributed by atoms with Gasteiger partial charge in [0.2, 0.25) is 0 Å². The fourth-order valence-electron chi connectivity index (χ4n) is 1.16. The molecular formula is C12H15N3O2. The fraction of sp³-hybridized carbons (Fsp3) is 0.250. The van der Waals surface area contributed by atoms with E-state index in [1.54, 1.807) is 22.9 Å². The minimum Gasteiger partial charge on any atom is -0.545 e. The van der Waals surface area contributed by atoms with E-state index in [9.17, 15) is 9.90 Å². The zero-order valence-electron chi connectivity index (χ0n) is 9.91. The van der Waals surface area contributed by atoms with Crippen molar-refractivity contribution in [2.24, 2.45) is 7.05 Å². The summed E-state index contributed by atoms with van der Waals surface area (Å²) in [5.41, 5.74) is 0.220. The lowest BCUT2D eigenvalue weighted by molar-refractivity contribution is -0.732. The third-order valence-electron chi connectivity index (χ3n) is 2.04. The first-order valence-electron chi connectivity index (χ1n) is 5.29. The predicted octanol–water partition coefficient (Wildman–Crippen LogP) is -0.222. The van der Waals surface area contributed by atoms with Gasteiger partial charge in [-0.2, -0.15) is 0 Å². The predicted molar refractivity (Wildman–Crippen MR) is 59.8 cm³/mol. The van der Waals surface area contributed by atoms with Crippen molar-refractivity contribution in [1.29, 1.82) is 0 Å². The van der Waals surface area contributed by atoms with Gasteiger partial charge in [0.1, 0.15) is 13.6 Å². The van der Waals surface area contributed by atoms with Gasteiger partial charge in [-0.3, -0.25) is 0 Å². The smallest absolute Gasteiger partial charge is 0.155 e. The highest BCUT2D eigenvalue weighted by Crippen LogP contribution is 1.94. The average molecular weight is 233 g/mol. The van der Waals surface area contributed by atoms with Gasteiger partial charge in [-0.05, 0) is 12.5 Å². The molecule has 0 unspecified atom stereocenters. The average Bonchev–Trinajstić information content (AvgIpc) is 2.77. The monoisotopic (exact) mass is 233 g/mol.